The molecule has 0 spiro atoms. The monoisotopic (exact) mass is 492 g/mol. The van der Waals surface area contributed by atoms with Crippen LogP contribution in [0, 0.1) is 0 Å². The smallest absolute Gasteiger partial charge is 0.326 e. The fourth-order valence-electron chi connectivity index (χ4n) is 3.15. The molecule has 0 unspecified atom stereocenters. The normalized spacial score (nSPS) is 12.0. The number of rotatable bonds is 9. The number of sulfone groups is 1. The van der Waals surface area contributed by atoms with Gasteiger partial charge in [-0.25, -0.2) is 8.42 Å². The lowest BCUT2D eigenvalue weighted by Gasteiger charge is -2.10. The lowest BCUT2D eigenvalue weighted by atomic mass is 10.3. The van der Waals surface area contributed by atoms with E-state index in [-0.39, 0.29) is 35.0 Å². The number of amides is 1. The first-order chi connectivity index (χ1) is 15.8. The van der Waals surface area contributed by atoms with Crippen LogP contribution in [0.5, 0.6) is 11.5 Å². The molecule has 1 heterocycles. The first-order valence-corrected chi connectivity index (χ1v) is 12.5. The quantitative estimate of drug-likeness (QED) is 0.422. The number of ether oxygens (including phenoxy) is 3. The number of hydrogen-bond donors (Lipinski definition) is 0. The number of aromatic nitrogens is 1. The summed E-state index contributed by atoms with van der Waals surface area (Å²) in [5.41, 5.74) is 0.526. The summed E-state index contributed by atoms with van der Waals surface area (Å²) in [6.07, 6.45) is -0.306. The maximum Gasteiger partial charge on any atom is 0.326 e. The van der Waals surface area contributed by atoms with Crippen LogP contribution in [-0.2, 0) is 30.7 Å². The van der Waals surface area contributed by atoms with Crippen molar-refractivity contribution in [1.82, 2.24) is 4.57 Å². The van der Waals surface area contributed by atoms with E-state index < -0.39 is 21.7 Å². The minimum Gasteiger partial charge on any atom is -0.495 e. The zero-order valence-corrected chi connectivity index (χ0v) is 20.1. The molecule has 33 heavy (non-hydrogen) atoms. The van der Waals surface area contributed by atoms with Crippen LogP contribution in [-0.4, -0.2) is 51.4 Å². The molecule has 0 saturated carbocycles. The van der Waals surface area contributed by atoms with Crippen LogP contribution in [0.4, 0.5) is 0 Å². The predicted molar refractivity (Wildman–Crippen MR) is 123 cm³/mol. The Morgan fingerprint density at radius 2 is 1.70 bits per heavy atom. The van der Waals surface area contributed by atoms with Crippen molar-refractivity contribution in [1.29, 1.82) is 0 Å². The van der Waals surface area contributed by atoms with Gasteiger partial charge in [0.15, 0.2) is 14.6 Å². The van der Waals surface area contributed by atoms with Gasteiger partial charge in [-0.3, -0.25) is 9.59 Å². The number of esters is 1. The van der Waals surface area contributed by atoms with Gasteiger partial charge in [-0.05, 0) is 31.2 Å². The van der Waals surface area contributed by atoms with Gasteiger partial charge >= 0.3 is 5.97 Å². The van der Waals surface area contributed by atoms with Gasteiger partial charge in [-0.2, -0.15) is 4.99 Å². The Labute approximate surface area is 195 Å². The van der Waals surface area contributed by atoms with Crippen molar-refractivity contribution in [2.75, 3.05) is 26.6 Å². The van der Waals surface area contributed by atoms with E-state index in [9.17, 15) is 18.0 Å². The van der Waals surface area contributed by atoms with E-state index in [2.05, 4.69) is 4.99 Å². The van der Waals surface area contributed by atoms with Crippen molar-refractivity contribution in [3.05, 3.63) is 47.3 Å². The molecule has 1 amide bonds. The zero-order valence-electron chi connectivity index (χ0n) is 18.4. The van der Waals surface area contributed by atoms with E-state index in [0.717, 1.165) is 11.3 Å². The molecule has 0 aliphatic rings. The van der Waals surface area contributed by atoms with Crippen LogP contribution in [0.15, 0.2) is 52.4 Å². The van der Waals surface area contributed by atoms with Crippen LogP contribution >= 0.6 is 11.3 Å². The second-order valence-electron chi connectivity index (χ2n) is 6.81. The zero-order chi connectivity index (χ0) is 24.0. The molecule has 0 N–H and O–H groups in total. The summed E-state index contributed by atoms with van der Waals surface area (Å²) in [4.78, 5) is 29.3. The number of hydrogen-bond acceptors (Lipinski definition) is 8. The van der Waals surface area contributed by atoms with Crippen LogP contribution in [0.2, 0.25) is 0 Å². The van der Waals surface area contributed by atoms with Crippen LogP contribution in [0.3, 0.4) is 0 Å². The molecule has 11 heteroatoms. The Morgan fingerprint density at radius 3 is 2.33 bits per heavy atom. The van der Waals surface area contributed by atoms with E-state index in [0.29, 0.717) is 21.7 Å². The predicted octanol–water partition coefficient (Wildman–Crippen LogP) is 2.57. The number of nitrogens with zero attached hydrogens (tertiary/aromatic N) is 2. The van der Waals surface area contributed by atoms with E-state index in [1.165, 1.54) is 30.9 Å². The molecule has 3 aromatic rings. The Hall–Kier alpha value is -3.18. The van der Waals surface area contributed by atoms with Gasteiger partial charge < -0.3 is 18.8 Å². The van der Waals surface area contributed by atoms with Gasteiger partial charge in [0.1, 0.15) is 28.3 Å². The third-order valence-corrected chi connectivity index (χ3v) is 7.52. The molecule has 2 aromatic carbocycles. The molecular weight excluding hydrogens is 468 g/mol. The molecule has 3 rings (SSSR count). The molecule has 0 radical (unpaired) electrons. The molecule has 1 aromatic heterocycles. The van der Waals surface area contributed by atoms with E-state index >= 15 is 0 Å². The molecule has 0 bridgehead atoms. The second-order valence-corrected chi connectivity index (χ2v) is 9.90. The van der Waals surface area contributed by atoms with Crippen LogP contribution < -0.4 is 14.3 Å². The lowest BCUT2D eigenvalue weighted by molar-refractivity contribution is -0.143. The Kier molecular flexibility index (Phi) is 7.88. The molecule has 176 valence electrons. The van der Waals surface area contributed by atoms with Crippen molar-refractivity contribution in [3.63, 3.8) is 0 Å². The maximum atomic E-state index is 12.6. The van der Waals surface area contributed by atoms with Crippen LogP contribution in [0.1, 0.15) is 13.3 Å². The average Bonchev–Trinajstić information content (AvgIpc) is 3.15. The van der Waals surface area contributed by atoms with Gasteiger partial charge in [0, 0.05) is 6.42 Å². The fraction of sp³-hybridized carbons (Fsp3) is 0.318. The lowest BCUT2D eigenvalue weighted by Crippen LogP contribution is -2.23. The topological polar surface area (TPSA) is 113 Å². The number of carbonyl (C=O) groups excluding carboxylic acids is 2. The standard InChI is InChI=1S/C22H24N2O7S2/c1-4-31-19(26)14-24-20-16(29-2)10-11-17(30-3)21(20)32-22(24)23-18(25)12-13-33(27,28)15-8-6-5-7-9-15/h5-11H,4,12-14H2,1-3H3. The molecule has 0 aliphatic carbocycles. The summed E-state index contributed by atoms with van der Waals surface area (Å²) in [5.74, 6) is -0.533. The van der Waals surface area contributed by atoms with E-state index in [1.54, 1.807) is 37.3 Å². The highest BCUT2D eigenvalue weighted by molar-refractivity contribution is 7.91. The number of benzene rings is 2. The minimum atomic E-state index is -3.63. The van der Waals surface area contributed by atoms with Crippen molar-refractivity contribution in [2.24, 2.45) is 4.99 Å². The van der Waals surface area contributed by atoms with E-state index in [4.69, 9.17) is 14.2 Å². The Bertz CT molecular complexity index is 1330. The molecule has 0 aliphatic heterocycles. The van der Waals surface area contributed by atoms with E-state index in [1.807, 2.05) is 0 Å². The van der Waals surface area contributed by atoms with Crippen molar-refractivity contribution in [3.8, 4) is 11.5 Å². The number of thiazole rings is 1. The first kappa shape index (κ1) is 24.5. The molecule has 0 atom stereocenters. The van der Waals surface area contributed by atoms with Crippen molar-refractivity contribution in [2.45, 2.75) is 24.8 Å². The van der Waals surface area contributed by atoms with Crippen LogP contribution in [0.25, 0.3) is 10.2 Å². The number of methoxy groups -OCH3 is 2. The van der Waals surface area contributed by atoms with Gasteiger partial charge in [-0.1, -0.05) is 29.5 Å². The SMILES string of the molecule is CCOC(=O)Cn1c(=NC(=O)CCS(=O)(=O)c2ccccc2)sc2c(OC)ccc(OC)c21. The number of fused-ring (bicyclic) bond motifs is 1. The summed E-state index contributed by atoms with van der Waals surface area (Å²) in [6.45, 7) is 1.69. The average molecular weight is 493 g/mol. The van der Waals surface area contributed by atoms with Crippen molar-refractivity contribution >= 4 is 43.3 Å². The third-order valence-electron chi connectivity index (χ3n) is 4.69. The largest absolute Gasteiger partial charge is 0.495 e. The van der Waals surface area contributed by atoms with Gasteiger partial charge in [-0.15, -0.1) is 0 Å². The minimum absolute atomic E-state index is 0.145. The Morgan fingerprint density at radius 1 is 1.03 bits per heavy atom. The summed E-state index contributed by atoms with van der Waals surface area (Å²) >= 11 is 1.14. The molecular formula is C22H24N2O7S2. The molecule has 9 nitrogen and oxygen atoms in total. The highest BCUT2D eigenvalue weighted by Gasteiger charge is 2.20. The van der Waals surface area contributed by atoms with Gasteiger partial charge in [0.2, 0.25) is 5.91 Å². The fourth-order valence-corrected chi connectivity index (χ4v) is 5.56. The first-order valence-electron chi connectivity index (χ1n) is 10.1. The van der Waals surface area contributed by atoms with Gasteiger partial charge in [0.25, 0.3) is 0 Å². The molecule has 0 saturated heterocycles. The summed E-state index contributed by atoms with van der Waals surface area (Å²) < 4.78 is 43.0. The highest BCUT2D eigenvalue weighted by atomic mass is 32.2. The van der Waals surface area contributed by atoms with Gasteiger partial charge in [0.05, 0.1) is 31.5 Å². The second kappa shape index (κ2) is 10.6. The van der Waals surface area contributed by atoms with Crippen molar-refractivity contribution < 1.29 is 32.2 Å². The summed E-state index contributed by atoms with van der Waals surface area (Å²) in [7, 11) is -0.631. The maximum absolute atomic E-state index is 12.6. The number of carbonyl (C=O) groups is 2. The summed E-state index contributed by atoms with van der Waals surface area (Å²) in [5, 5.41) is 0. The third kappa shape index (κ3) is 5.60. The molecule has 0 fully saturated rings. The summed E-state index contributed by atoms with van der Waals surface area (Å²) in [6, 6.07) is 11.3. The Balaban J connectivity index is 2.01. The highest BCUT2D eigenvalue weighted by Crippen LogP contribution is 2.35.